The summed E-state index contributed by atoms with van der Waals surface area (Å²) in [7, 11) is 2.00. The van der Waals surface area contributed by atoms with Gasteiger partial charge < -0.3 is 10.6 Å². The van der Waals surface area contributed by atoms with Crippen molar-refractivity contribution < 1.29 is 0 Å². The zero-order chi connectivity index (χ0) is 10.3. The maximum atomic E-state index is 3.49. The fraction of sp³-hybridized carbons (Fsp3) is 1.00. The second kappa shape index (κ2) is 6.39. The summed E-state index contributed by atoms with van der Waals surface area (Å²) in [4.78, 5) is 0. The molecule has 2 N–H and O–H groups in total. The Balaban J connectivity index is 3.32. The van der Waals surface area contributed by atoms with Crippen molar-refractivity contribution in [1.82, 2.24) is 10.6 Å². The first-order valence-electron chi connectivity index (χ1n) is 5.33. The summed E-state index contributed by atoms with van der Waals surface area (Å²) in [5.41, 5.74) is 0.427. The Hall–Kier alpha value is -0.0800. The number of hydrogen-bond acceptors (Lipinski definition) is 2. The monoisotopic (exact) mass is 186 g/mol. The molecule has 0 saturated carbocycles. The van der Waals surface area contributed by atoms with Gasteiger partial charge in [-0.25, -0.2) is 0 Å². The second-order valence-electron chi connectivity index (χ2n) is 4.93. The summed E-state index contributed by atoms with van der Waals surface area (Å²) in [6.07, 6.45) is 1.22. The molecule has 0 aliphatic heterocycles. The molecule has 2 nitrogen and oxygen atoms in total. The van der Waals surface area contributed by atoms with Crippen molar-refractivity contribution in [3.05, 3.63) is 0 Å². The Labute approximate surface area is 83.5 Å². The van der Waals surface area contributed by atoms with E-state index in [9.17, 15) is 0 Å². The first-order valence-corrected chi connectivity index (χ1v) is 5.33. The van der Waals surface area contributed by atoms with Crippen LogP contribution >= 0.6 is 0 Å². The van der Waals surface area contributed by atoms with Crippen LogP contribution in [0.2, 0.25) is 0 Å². The van der Waals surface area contributed by atoms with E-state index in [1.807, 2.05) is 7.05 Å². The van der Waals surface area contributed by atoms with Crippen LogP contribution in [0, 0.1) is 11.3 Å². The molecule has 0 aliphatic rings. The Morgan fingerprint density at radius 3 is 2.23 bits per heavy atom. The molecule has 13 heavy (non-hydrogen) atoms. The predicted octanol–water partition coefficient (Wildman–Crippen LogP) is 1.87. The van der Waals surface area contributed by atoms with Crippen LogP contribution in [0.3, 0.4) is 0 Å². The average Bonchev–Trinajstić information content (AvgIpc) is 2.02. The van der Waals surface area contributed by atoms with Crippen molar-refractivity contribution in [2.45, 2.75) is 34.1 Å². The van der Waals surface area contributed by atoms with Crippen LogP contribution in [0.1, 0.15) is 34.1 Å². The van der Waals surface area contributed by atoms with Gasteiger partial charge in [-0.15, -0.1) is 0 Å². The molecule has 0 aromatic carbocycles. The molecule has 0 radical (unpaired) electrons. The van der Waals surface area contributed by atoms with Gasteiger partial charge >= 0.3 is 0 Å². The minimum atomic E-state index is 0.427. The molecule has 80 valence electrons. The maximum Gasteiger partial charge on any atom is -0.00181 e. The molecule has 0 spiro atoms. The third kappa shape index (κ3) is 7.03. The molecule has 0 rings (SSSR count). The van der Waals surface area contributed by atoms with E-state index in [0.29, 0.717) is 5.41 Å². The van der Waals surface area contributed by atoms with Gasteiger partial charge in [-0.3, -0.25) is 0 Å². The number of nitrogens with one attached hydrogen (secondary N) is 2. The lowest BCUT2D eigenvalue weighted by atomic mass is 9.82. The van der Waals surface area contributed by atoms with Crippen LogP contribution in [-0.2, 0) is 0 Å². The van der Waals surface area contributed by atoms with E-state index in [2.05, 4.69) is 38.3 Å². The zero-order valence-electron chi connectivity index (χ0n) is 9.91. The highest BCUT2D eigenvalue weighted by molar-refractivity contribution is 4.71. The summed E-state index contributed by atoms with van der Waals surface area (Å²) < 4.78 is 0. The highest BCUT2D eigenvalue weighted by Gasteiger charge is 2.18. The Bertz CT molecular complexity index is 116. The minimum absolute atomic E-state index is 0.427. The summed E-state index contributed by atoms with van der Waals surface area (Å²) in [6, 6.07) is 0. The molecule has 2 heteroatoms. The molecule has 1 atom stereocenters. The molecular formula is C11H26N2. The van der Waals surface area contributed by atoms with Crippen molar-refractivity contribution >= 4 is 0 Å². The van der Waals surface area contributed by atoms with Gasteiger partial charge in [0.25, 0.3) is 0 Å². The van der Waals surface area contributed by atoms with Crippen LogP contribution in [0.4, 0.5) is 0 Å². The minimum Gasteiger partial charge on any atom is -0.320 e. The molecule has 0 heterocycles. The van der Waals surface area contributed by atoms with Crippen LogP contribution < -0.4 is 10.6 Å². The topological polar surface area (TPSA) is 24.1 Å². The molecule has 1 unspecified atom stereocenters. The van der Waals surface area contributed by atoms with Gasteiger partial charge in [0.1, 0.15) is 0 Å². The Morgan fingerprint density at radius 1 is 1.15 bits per heavy atom. The summed E-state index contributed by atoms with van der Waals surface area (Å²) in [5.74, 6) is 0.738. The van der Waals surface area contributed by atoms with Crippen molar-refractivity contribution in [1.29, 1.82) is 0 Å². The Kier molecular flexibility index (Phi) is 6.35. The van der Waals surface area contributed by atoms with Crippen LogP contribution in [0.25, 0.3) is 0 Å². The van der Waals surface area contributed by atoms with Gasteiger partial charge in [-0.1, -0.05) is 27.7 Å². The van der Waals surface area contributed by atoms with Crippen LogP contribution in [0.15, 0.2) is 0 Å². The van der Waals surface area contributed by atoms with Crippen molar-refractivity contribution in [2.24, 2.45) is 11.3 Å². The third-order valence-electron chi connectivity index (χ3n) is 2.71. The van der Waals surface area contributed by atoms with E-state index in [-0.39, 0.29) is 0 Å². The van der Waals surface area contributed by atoms with Crippen molar-refractivity contribution in [2.75, 3.05) is 26.7 Å². The molecule has 0 aromatic rings. The quantitative estimate of drug-likeness (QED) is 0.619. The second-order valence-corrected chi connectivity index (χ2v) is 4.93. The Morgan fingerprint density at radius 2 is 1.77 bits per heavy atom. The lowest BCUT2D eigenvalue weighted by Crippen LogP contribution is -2.31. The van der Waals surface area contributed by atoms with E-state index in [1.54, 1.807) is 0 Å². The van der Waals surface area contributed by atoms with Gasteiger partial charge in [0.15, 0.2) is 0 Å². The SMILES string of the molecule is CNCCCNCC(C)C(C)(C)C. The molecule has 0 amide bonds. The van der Waals surface area contributed by atoms with Gasteiger partial charge in [-0.2, -0.15) is 0 Å². The summed E-state index contributed by atoms with van der Waals surface area (Å²) in [6.45, 7) is 12.6. The maximum absolute atomic E-state index is 3.49. The van der Waals surface area contributed by atoms with Crippen LogP contribution in [0.5, 0.6) is 0 Å². The number of rotatable bonds is 6. The van der Waals surface area contributed by atoms with Gasteiger partial charge in [0.2, 0.25) is 0 Å². The lowest BCUT2D eigenvalue weighted by Gasteiger charge is -2.27. The largest absolute Gasteiger partial charge is 0.320 e. The van der Waals surface area contributed by atoms with E-state index < -0.39 is 0 Å². The molecule has 0 aromatic heterocycles. The standard InChI is InChI=1S/C11H26N2/c1-10(11(2,3)4)9-13-8-6-7-12-5/h10,12-13H,6-9H2,1-5H3. The average molecular weight is 186 g/mol. The summed E-state index contributed by atoms with van der Waals surface area (Å²) in [5, 5.41) is 6.63. The van der Waals surface area contributed by atoms with E-state index >= 15 is 0 Å². The molecule has 0 saturated heterocycles. The van der Waals surface area contributed by atoms with Crippen molar-refractivity contribution in [3.63, 3.8) is 0 Å². The highest BCUT2D eigenvalue weighted by Crippen LogP contribution is 2.24. The van der Waals surface area contributed by atoms with Gasteiger partial charge in [-0.05, 0) is 44.4 Å². The van der Waals surface area contributed by atoms with Gasteiger partial charge in [0, 0.05) is 0 Å². The smallest absolute Gasteiger partial charge is 0.00181 e. The molecular weight excluding hydrogens is 160 g/mol. The molecule has 0 bridgehead atoms. The number of hydrogen-bond donors (Lipinski definition) is 2. The van der Waals surface area contributed by atoms with E-state index in [0.717, 1.165) is 25.6 Å². The van der Waals surface area contributed by atoms with E-state index in [4.69, 9.17) is 0 Å². The fourth-order valence-corrected chi connectivity index (χ4v) is 1.01. The fourth-order valence-electron chi connectivity index (χ4n) is 1.01. The van der Waals surface area contributed by atoms with Crippen LogP contribution in [-0.4, -0.2) is 26.7 Å². The first kappa shape index (κ1) is 12.9. The summed E-state index contributed by atoms with van der Waals surface area (Å²) >= 11 is 0. The first-order chi connectivity index (χ1) is 5.98. The van der Waals surface area contributed by atoms with E-state index in [1.165, 1.54) is 6.42 Å². The lowest BCUT2D eigenvalue weighted by molar-refractivity contribution is 0.253. The zero-order valence-corrected chi connectivity index (χ0v) is 9.91. The molecule has 0 fully saturated rings. The van der Waals surface area contributed by atoms with Gasteiger partial charge in [0.05, 0.1) is 0 Å². The van der Waals surface area contributed by atoms with Crippen molar-refractivity contribution in [3.8, 4) is 0 Å². The predicted molar refractivity (Wildman–Crippen MR) is 60.0 cm³/mol. The normalized spacial score (nSPS) is 14.5. The molecule has 0 aliphatic carbocycles. The third-order valence-corrected chi connectivity index (χ3v) is 2.71. The highest BCUT2D eigenvalue weighted by atomic mass is 14.9.